The highest BCUT2D eigenvalue weighted by atomic mass is 35.5. The largest absolute Gasteiger partial charge is 0.353 e. The average molecular weight is 238 g/mol. The number of hydrogen-bond acceptors (Lipinski definition) is 1. The molecule has 86 valence electrons. The van der Waals surface area contributed by atoms with E-state index < -0.39 is 0 Å². The van der Waals surface area contributed by atoms with Crippen LogP contribution in [0, 0.1) is 6.92 Å². The molecule has 2 atom stereocenters. The first-order valence-corrected chi connectivity index (χ1v) is 6.05. The molecule has 16 heavy (non-hydrogen) atoms. The molecule has 3 heteroatoms. The molecule has 1 aromatic rings. The van der Waals surface area contributed by atoms with Crippen LogP contribution in [0.25, 0.3) is 0 Å². The van der Waals surface area contributed by atoms with E-state index in [0.29, 0.717) is 6.42 Å². The molecule has 2 rings (SSSR count). The van der Waals surface area contributed by atoms with Gasteiger partial charge in [0, 0.05) is 23.4 Å². The number of rotatable bonds is 2. The summed E-state index contributed by atoms with van der Waals surface area (Å²) in [5.41, 5.74) is 2.25. The molecule has 1 amide bonds. The molecule has 2 nitrogen and oxygen atoms in total. The van der Waals surface area contributed by atoms with Gasteiger partial charge >= 0.3 is 0 Å². The summed E-state index contributed by atoms with van der Waals surface area (Å²) in [4.78, 5) is 11.4. The third-order valence-electron chi connectivity index (χ3n) is 3.30. The summed E-state index contributed by atoms with van der Waals surface area (Å²) in [5, 5.41) is 3.79. The Labute approximate surface area is 101 Å². The molecular formula is C13H16ClNO. The van der Waals surface area contributed by atoms with Gasteiger partial charge in [-0.1, -0.05) is 30.7 Å². The van der Waals surface area contributed by atoms with Crippen LogP contribution in [0.2, 0.25) is 5.02 Å². The SMILES string of the molecule is CCC1NC(=O)CC1c1ccc(C)c(Cl)c1. The van der Waals surface area contributed by atoms with Crippen LogP contribution in [0.5, 0.6) is 0 Å². The van der Waals surface area contributed by atoms with Crippen LogP contribution in [-0.4, -0.2) is 11.9 Å². The van der Waals surface area contributed by atoms with Crippen molar-refractivity contribution in [2.45, 2.75) is 38.6 Å². The fourth-order valence-electron chi connectivity index (χ4n) is 2.28. The minimum Gasteiger partial charge on any atom is -0.353 e. The second-order valence-electron chi connectivity index (χ2n) is 4.40. The number of carbonyl (C=O) groups excluding carboxylic acids is 1. The van der Waals surface area contributed by atoms with Gasteiger partial charge in [0.15, 0.2) is 0 Å². The lowest BCUT2D eigenvalue weighted by atomic mass is 9.90. The fraction of sp³-hybridized carbons (Fsp3) is 0.462. The van der Waals surface area contributed by atoms with Crippen LogP contribution in [-0.2, 0) is 4.79 Å². The van der Waals surface area contributed by atoms with Crippen molar-refractivity contribution in [2.75, 3.05) is 0 Å². The topological polar surface area (TPSA) is 29.1 Å². The van der Waals surface area contributed by atoms with Crippen molar-refractivity contribution in [3.8, 4) is 0 Å². The first kappa shape index (κ1) is 11.5. The first-order valence-electron chi connectivity index (χ1n) is 5.67. The van der Waals surface area contributed by atoms with Crippen molar-refractivity contribution in [3.63, 3.8) is 0 Å². The van der Waals surface area contributed by atoms with Gasteiger partial charge in [-0.2, -0.15) is 0 Å². The standard InChI is InChI=1S/C13H16ClNO/c1-3-12-10(7-13(16)15-12)9-5-4-8(2)11(14)6-9/h4-6,10,12H,3,7H2,1-2H3,(H,15,16). The van der Waals surface area contributed by atoms with Crippen LogP contribution < -0.4 is 5.32 Å². The van der Waals surface area contributed by atoms with E-state index in [2.05, 4.69) is 18.3 Å². The summed E-state index contributed by atoms with van der Waals surface area (Å²) in [5.74, 6) is 0.421. The summed E-state index contributed by atoms with van der Waals surface area (Å²) in [6.45, 7) is 4.08. The molecule has 0 aromatic heterocycles. The Bertz CT molecular complexity index is 416. The van der Waals surface area contributed by atoms with Gasteiger partial charge in [-0.15, -0.1) is 0 Å². The smallest absolute Gasteiger partial charge is 0.220 e. The van der Waals surface area contributed by atoms with Gasteiger partial charge in [-0.3, -0.25) is 4.79 Å². The van der Waals surface area contributed by atoms with Crippen molar-refractivity contribution in [1.82, 2.24) is 5.32 Å². The molecular weight excluding hydrogens is 222 g/mol. The van der Waals surface area contributed by atoms with Gasteiger partial charge in [0.05, 0.1) is 0 Å². The maximum Gasteiger partial charge on any atom is 0.220 e. The molecule has 0 spiro atoms. The zero-order valence-corrected chi connectivity index (χ0v) is 10.3. The number of amides is 1. The number of aryl methyl sites for hydroxylation is 1. The van der Waals surface area contributed by atoms with Crippen LogP contribution in [0.4, 0.5) is 0 Å². The molecule has 0 bridgehead atoms. The molecule has 1 heterocycles. The molecule has 1 N–H and O–H groups in total. The number of halogens is 1. The summed E-state index contributed by atoms with van der Waals surface area (Å²) < 4.78 is 0. The van der Waals surface area contributed by atoms with Crippen molar-refractivity contribution >= 4 is 17.5 Å². The van der Waals surface area contributed by atoms with E-state index in [4.69, 9.17) is 11.6 Å². The van der Waals surface area contributed by atoms with E-state index in [0.717, 1.165) is 17.0 Å². The zero-order valence-electron chi connectivity index (χ0n) is 9.59. The predicted octanol–water partition coefficient (Wildman–Crippen LogP) is 3.03. The normalized spacial score (nSPS) is 24.6. The van der Waals surface area contributed by atoms with Crippen LogP contribution in [0.1, 0.15) is 36.8 Å². The highest BCUT2D eigenvalue weighted by molar-refractivity contribution is 6.31. The van der Waals surface area contributed by atoms with E-state index in [9.17, 15) is 4.79 Å². The van der Waals surface area contributed by atoms with Crippen LogP contribution in [0.15, 0.2) is 18.2 Å². The maximum atomic E-state index is 11.4. The van der Waals surface area contributed by atoms with E-state index in [-0.39, 0.29) is 17.9 Å². The third kappa shape index (κ3) is 2.07. The van der Waals surface area contributed by atoms with Crippen LogP contribution >= 0.6 is 11.6 Å². The van der Waals surface area contributed by atoms with E-state index in [1.807, 2.05) is 19.1 Å². The Morgan fingerprint density at radius 2 is 2.25 bits per heavy atom. The van der Waals surface area contributed by atoms with Gasteiger partial charge in [0.2, 0.25) is 5.91 Å². The number of hydrogen-bond donors (Lipinski definition) is 1. The first-order chi connectivity index (χ1) is 7.61. The lowest BCUT2D eigenvalue weighted by molar-refractivity contribution is -0.119. The molecule has 0 aliphatic carbocycles. The third-order valence-corrected chi connectivity index (χ3v) is 3.71. The van der Waals surface area contributed by atoms with Gasteiger partial charge < -0.3 is 5.32 Å². The number of benzene rings is 1. The molecule has 1 aliphatic heterocycles. The molecule has 1 saturated heterocycles. The maximum absolute atomic E-state index is 11.4. The number of nitrogens with one attached hydrogen (secondary N) is 1. The molecule has 1 aliphatic rings. The average Bonchev–Trinajstić information content (AvgIpc) is 2.63. The zero-order chi connectivity index (χ0) is 11.7. The van der Waals surface area contributed by atoms with Crippen LogP contribution in [0.3, 0.4) is 0 Å². The van der Waals surface area contributed by atoms with Crippen molar-refractivity contribution in [1.29, 1.82) is 0 Å². The monoisotopic (exact) mass is 237 g/mol. The van der Waals surface area contributed by atoms with Crippen molar-refractivity contribution in [2.24, 2.45) is 0 Å². The Balaban J connectivity index is 2.29. The molecule has 2 unspecified atom stereocenters. The minimum atomic E-state index is 0.147. The summed E-state index contributed by atoms with van der Waals surface area (Å²) >= 11 is 6.11. The Morgan fingerprint density at radius 3 is 2.88 bits per heavy atom. The Kier molecular flexibility index (Phi) is 3.20. The Hall–Kier alpha value is -1.02. The lowest BCUT2D eigenvalue weighted by Gasteiger charge is -2.17. The predicted molar refractivity (Wildman–Crippen MR) is 65.8 cm³/mol. The summed E-state index contributed by atoms with van der Waals surface area (Å²) in [6.07, 6.45) is 1.54. The molecule has 0 radical (unpaired) electrons. The molecule has 0 saturated carbocycles. The second kappa shape index (κ2) is 4.46. The molecule has 1 aromatic carbocycles. The lowest BCUT2D eigenvalue weighted by Crippen LogP contribution is -2.27. The second-order valence-corrected chi connectivity index (χ2v) is 4.81. The van der Waals surface area contributed by atoms with E-state index in [1.54, 1.807) is 0 Å². The van der Waals surface area contributed by atoms with Gasteiger partial charge in [0.25, 0.3) is 0 Å². The highest BCUT2D eigenvalue weighted by Gasteiger charge is 2.32. The van der Waals surface area contributed by atoms with E-state index >= 15 is 0 Å². The van der Waals surface area contributed by atoms with Gasteiger partial charge in [-0.25, -0.2) is 0 Å². The number of carbonyl (C=O) groups is 1. The summed E-state index contributed by atoms with van der Waals surface area (Å²) in [6, 6.07) is 6.35. The van der Waals surface area contributed by atoms with Gasteiger partial charge in [0.1, 0.15) is 0 Å². The van der Waals surface area contributed by atoms with Crippen molar-refractivity contribution < 1.29 is 4.79 Å². The fourth-order valence-corrected chi connectivity index (χ4v) is 2.47. The minimum absolute atomic E-state index is 0.147. The van der Waals surface area contributed by atoms with Gasteiger partial charge in [-0.05, 0) is 30.5 Å². The van der Waals surface area contributed by atoms with Crippen molar-refractivity contribution in [3.05, 3.63) is 34.3 Å². The Morgan fingerprint density at radius 1 is 1.50 bits per heavy atom. The molecule has 1 fully saturated rings. The quantitative estimate of drug-likeness (QED) is 0.842. The van der Waals surface area contributed by atoms with E-state index in [1.165, 1.54) is 5.56 Å². The summed E-state index contributed by atoms with van der Waals surface area (Å²) in [7, 11) is 0. The highest BCUT2D eigenvalue weighted by Crippen LogP contribution is 2.32.